The van der Waals surface area contributed by atoms with E-state index in [1.165, 1.54) is 13.3 Å². The van der Waals surface area contributed by atoms with Gasteiger partial charge in [0.15, 0.2) is 5.69 Å². The van der Waals surface area contributed by atoms with Crippen molar-refractivity contribution in [3.63, 3.8) is 0 Å². The van der Waals surface area contributed by atoms with Gasteiger partial charge in [-0.15, -0.1) is 0 Å². The standard InChI is InChI=1S/C6H8N4O2.C2H6/c1-12-6-4(5(8)11)10-3(7)2-9-6;1-2/h2H,1H3,(H2,7,10)(H2,8,11);1-2H3. The second kappa shape index (κ2) is 5.74. The Bertz CT molecular complexity index is 314. The number of carbonyl (C=O) groups is 1. The number of primary amides is 1. The van der Waals surface area contributed by atoms with Crippen molar-refractivity contribution in [2.24, 2.45) is 5.73 Å². The first-order chi connectivity index (χ1) is 6.65. The average molecular weight is 198 g/mol. The Morgan fingerprint density at radius 3 is 2.50 bits per heavy atom. The van der Waals surface area contributed by atoms with Crippen LogP contribution in [-0.4, -0.2) is 23.0 Å². The van der Waals surface area contributed by atoms with Gasteiger partial charge < -0.3 is 16.2 Å². The molecule has 0 bridgehead atoms. The van der Waals surface area contributed by atoms with Crippen molar-refractivity contribution >= 4 is 11.7 Å². The van der Waals surface area contributed by atoms with Crippen LogP contribution < -0.4 is 16.2 Å². The summed E-state index contributed by atoms with van der Waals surface area (Å²) in [6.45, 7) is 4.00. The predicted molar refractivity (Wildman–Crippen MR) is 52.9 cm³/mol. The van der Waals surface area contributed by atoms with Crippen LogP contribution in [0.2, 0.25) is 0 Å². The number of nitrogens with zero attached hydrogens (tertiary/aromatic N) is 2. The number of nitrogens with two attached hydrogens (primary N) is 2. The predicted octanol–water partition coefficient (Wildman–Crippen LogP) is 0.192. The Morgan fingerprint density at radius 2 is 2.07 bits per heavy atom. The summed E-state index contributed by atoms with van der Waals surface area (Å²) in [5, 5.41) is 0. The highest BCUT2D eigenvalue weighted by Crippen LogP contribution is 2.11. The summed E-state index contributed by atoms with van der Waals surface area (Å²) in [7, 11) is 1.37. The highest BCUT2D eigenvalue weighted by Gasteiger charge is 2.11. The van der Waals surface area contributed by atoms with Gasteiger partial charge in [0.2, 0.25) is 5.88 Å². The fourth-order valence-electron chi connectivity index (χ4n) is 0.702. The van der Waals surface area contributed by atoms with Crippen molar-refractivity contribution in [2.75, 3.05) is 12.8 Å². The molecule has 0 atom stereocenters. The van der Waals surface area contributed by atoms with E-state index in [1.807, 2.05) is 13.8 Å². The van der Waals surface area contributed by atoms with Crippen molar-refractivity contribution in [1.82, 2.24) is 9.97 Å². The van der Waals surface area contributed by atoms with E-state index < -0.39 is 5.91 Å². The molecule has 1 amide bonds. The molecule has 0 saturated carbocycles. The number of ether oxygens (including phenoxy) is 1. The number of hydrogen-bond acceptors (Lipinski definition) is 5. The molecule has 0 aromatic carbocycles. The van der Waals surface area contributed by atoms with Gasteiger partial charge in [-0.3, -0.25) is 4.79 Å². The molecule has 1 rings (SSSR count). The van der Waals surface area contributed by atoms with E-state index in [-0.39, 0.29) is 17.4 Å². The van der Waals surface area contributed by atoms with Crippen molar-refractivity contribution in [3.05, 3.63) is 11.9 Å². The van der Waals surface area contributed by atoms with E-state index in [4.69, 9.17) is 16.2 Å². The van der Waals surface area contributed by atoms with Gasteiger partial charge in [-0.25, -0.2) is 9.97 Å². The van der Waals surface area contributed by atoms with E-state index in [0.717, 1.165) is 0 Å². The minimum Gasteiger partial charge on any atom is -0.479 e. The van der Waals surface area contributed by atoms with Crippen LogP contribution in [0, 0.1) is 0 Å². The van der Waals surface area contributed by atoms with Gasteiger partial charge in [0.1, 0.15) is 5.82 Å². The quantitative estimate of drug-likeness (QED) is 0.706. The number of amides is 1. The molecular formula is C8H14N4O2. The zero-order valence-electron chi connectivity index (χ0n) is 8.44. The Kier molecular flexibility index (Phi) is 4.98. The number of carbonyl (C=O) groups excluding carboxylic acids is 1. The van der Waals surface area contributed by atoms with Crippen LogP contribution >= 0.6 is 0 Å². The van der Waals surface area contributed by atoms with Gasteiger partial charge in [-0.05, 0) is 0 Å². The summed E-state index contributed by atoms with van der Waals surface area (Å²) in [6.07, 6.45) is 1.28. The van der Waals surface area contributed by atoms with Crippen LogP contribution in [0.4, 0.5) is 5.82 Å². The molecule has 0 aliphatic rings. The zero-order chi connectivity index (χ0) is 11.1. The van der Waals surface area contributed by atoms with Crippen LogP contribution in [0.25, 0.3) is 0 Å². The van der Waals surface area contributed by atoms with Crippen molar-refractivity contribution in [2.45, 2.75) is 13.8 Å². The van der Waals surface area contributed by atoms with Crippen molar-refractivity contribution < 1.29 is 9.53 Å². The van der Waals surface area contributed by atoms with Gasteiger partial charge >= 0.3 is 0 Å². The summed E-state index contributed by atoms with van der Waals surface area (Å²) >= 11 is 0. The van der Waals surface area contributed by atoms with Gasteiger partial charge in [-0.1, -0.05) is 13.8 Å². The summed E-state index contributed by atoms with van der Waals surface area (Å²) in [4.78, 5) is 18.1. The number of hydrogen-bond donors (Lipinski definition) is 2. The lowest BCUT2D eigenvalue weighted by molar-refractivity contribution is 0.0991. The molecule has 0 unspecified atom stereocenters. The van der Waals surface area contributed by atoms with Crippen LogP contribution in [0.1, 0.15) is 24.3 Å². The molecule has 6 nitrogen and oxygen atoms in total. The summed E-state index contributed by atoms with van der Waals surface area (Å²) in [6, 6.07) is 0. The fraction of sp³-hybridized carbons (Fsp3) is 0.375. The van der Waals surface area contributed by atoms with E-state index >= 15 is 0 Å². The maximum absolute atomic E-state index is 10.7. The van der Waals surface area contributed by atoms with Crippen molar-refractivity contribution in [3.8, 4) is 5.88 Å². The number of methoxy groups -OCH3 is 1. The molecule has 4 N–H and O–H groups in total. The van der Waals surface area contributed by atoms with E-state index in [2.05, 4.69) is 9.97 Å². The molecule has 6 heteroatoms. The number of rotatable bonds is 2. The first kappa shape index (κ1) is 12.2. The van der Waals surface area contributed by atoms with Crippen molar-refractivity contribution in [1.29, 1.82) is 0 Å². The topological polar surface area (TPSA) is 104 Å². The molecule has 1 heterocycles. The van der Waals surface area contributed by atoms with Crippen LogP contribution in [0.5, 0.6) is 5.88 Å². The van der Waals surface area contributed by atoms with E-state index in [0.29, 0.717) is 0 Å². The molecule has 14 heavy (non-hydrogen) atoms. The number of anilines is 1. The van der Waals surface area contributed by atoms with Crippen LogP contribution in [0.3, 0.4) is 0 Å². The smallest absolute Gasteiger partial charge is 0.273 e. The van der Waals surface area contributed by atoms with Gasteiger partial charge in [0.05, 0.1) is 13.3 Å². The van der Waals surface area contributed by atoms with Crippen LogP contribution in [-0.2, 0) is 0 Å². The maximum atomic E-state index is 10.7. The molecule has 78 valence electrons. The molecule has 0 fully saturated rings. The first-order valence-electron chi connectivity index (χ1n) is 4.11. The Labute approximate surface area is 82.3 Å². The molecule has 0 spiro atoms. The van der Waals surface area contributed by atoms with Gasteiger partial charge in [0, 0.05) is 0 Å². The Balaban J connectivity index is 0.000000791. The van der Waals surface area contributed by atoms with Gasteiger partial charge in [-0.2, -0.15) is 0 Å². The molecule has 0 aliphatic heterocycles. The minimum atomic E-state index is -0.716. The molecule has 1 aromatic rings. The molecule has 0 radical (unpaired) electrons. The van der Waals surface area contributed by atoms with E-state index in [1.54, 1.807) is 0 Å². The fourth-order valence-corrected chi connectivity index (χ4v) is 0.702. The number of nitrogen functional groups attached to an aromatic ring is 1. The third-order valence-electron chi connectivity index (χ3n) is 1.18. The Hall–Kier alpha value is -1.85. The second-order valence-electron chi connectivity index (χ2n) is 2.02. The average Bonchev–Trinajstić information content (AvgIpc) is 2.20. The van der Waals surface area contributed by atoms with E-state index in [9.17, 15) is 4.79 Å². The Morgan fingerprint density at radius 1 is 1.50 bits per heavy atom. The molecule has 0 aliphatic carbocycles. The normalized spacial score (nSPS) is 8.50. The molecule has 0 saturated heterocycles. The highest BCUT2D eigenvalue weighted by atomic mass is 16.5. The van der Waals surface area contributed by atoms with Crippen LogP contribution in [0.15, 0.2) is 6.20 Å². The summed E-state index contributed by atoms with van der Waals surface area (Å²) in [5.74, 6) is -0.507. The van der Waals surface area contributed by atoms with Gasteiger partial charge in [0.25, 0.3) is 5.91 Å². The monoisotopic (exact) mass is 198 g/mol. The summed E-state index contributed by atoms with van der Waals surface area (Å²) in [5.41, 5.74) is 10.2. The lowest BCUT2D eigenvalue weighted by atomic mass is 10.4. The maximum Gasteiger partial charge on any atom is 0.273 e. The lowest BCUT2D eigenvalue weighted by Crippen LogP contribution is -2.16. The third kappa shape index (κ3) is 2.89. The summed E-state index contributed by atoms with van der Waals surface area (Å²) < 4.78 is 4.73. The first-order valence-corrected chi connectivity index (χ1v) is 4.11. The third-order valence-corrected chi connectivity index (χ3v) is 1.18. The number of aromatic nitrogens is 2. The minimum absolute atomic E-state index is 0.0579. The molecule has 1 aromatic heterocycles. The largest absolute Gasteiger partial charge is 0.479 e. The zero-order valence-corrected chi connectivity index (χ0v) is 8.44. The highest BCUT2D eigenvalue weighted by molar-refractivity contribution is 5.93. The lowest BCUT2D eigenvalue weighted by Gasteiger charge is -2.02. The second-order valence-corrected chi connectivity index (χ2v) is 2.02. The SMILES string of the molecule is CC.COc1ncc(N)nc1C(N)=O. The molecular weight excluding hydrogens is 184 g/mol.